The van der Waals surface area contributed by atoms with E-state index in [1.54, 1.807) is 0 Å². The summed E-state index contributed by atoms with van der Waals surface area (Å²) in [6.07, 6.45) is 5.63. The van der Waals surface area contributed by atoms with E-state index >= 15 is 0 Å². The molecule has 1 aliphatic heterocycles. The fourth-order valence-corrected chi connectivity index (χ4v) is 4.17. The average Bonchev–Trinajstić information content (AvgIpc) is 2.73. The van der Waals surface area contributed by atoms with Gasteiger partial charge in [-0.1, -0.05) is 19.3 Å². The van der Waals surface area contributed by atoms with Crippen LogP contribution in [0.4, 0.5) is 16.2 Å². The van der Waals surface area contributed by atoms with Gasteiger partial charge in [-0.3, -0.25) is 15.0 Å². The van der Waals surface area contributed by atoms with E-state index in [1.807, 2.05) is 0 Å². The standard InChI is InChI=1S/C19H28N4O5/c1-27-17-6-5-15(23(25)26)13-16(17)21-18(24)20-14-19(7-3-2-4-8-19)22-9-11-28-12-10-22/h5-6,13H,2-4,7-12,14H2,1H3,(H2,20,21,24). The van der Waals surface area contributed by atoms with Crippen LogP contribution < -0.4 is 15.4 Å². The zero-order valence-corrected chi connectivity index (χ0v) is 16.2. The number of hydrogen-bond acceptors (Lipinski definition) is 6. The molecule has 9 nitrogen and oxygen atoms in total. The lowest BCUT2D eigenvalue weighted by Crippen LogP contribution is -2.60. The first-order chi connectivity index (χ1) is 13.5. The summed E-state index contributed by atoms with van der Waals surface area (Å²) in [5, 5.41) is 16.7. The Hall–Kier alpha value is -2.39. The summed E-state index contributed by atoms with van der Waals surface area (Å²) in [6.45, 7) is 3.73. The van der Waals surface area contributed by atoms with Crippen LogP contribution in [0, 0.1) is 10.1 Å². The van der Waals surface area contributed by atoms with Crippen molar-refractivity contribution in [3.8, 4) is 5.75 Å². The molecule has 1 aromatic carbocycles. The number of amides is 2. The van der Waals surface area contributed by atoms with Crippen LogP contribution in [0.25, 0.3) is 0 Å². The SMILES string of the molecule is COc1ccc([N+](=O)[O-])cc1NC(=O)NCC1(N2CCOCC2)CCCCC1. The van der Waals surface area contributed by atoms with E-state index in [1.165, 1.54) is 31.7 Å². The molecule has 2 fully saturated rings. The minimum atomic E-state index is -0.502. The Morgan fingerprint density at radius 1 is 1.29 bits per heavy atom. The van der Waals surface area contributed by atoms with E-state index in [-0.39, 0.29) is 16.9 Å². The van der Waals surface area contributed by atoms with Crippen LogP contribution in [-0.4, -0.2) is 61.4 Å². The van der Waals surface area contributed by atoms with E-state index in [0.29, 0.717) is 12.3 Å². The van der Waals surface area contributed by atoms with E-state index in [4.69, 9.17) is 9.47 Å². The number of carbonyl (C=O) groups excluding carboxylic acids is 1. The Balaban J connectivity index is 1.66. The third-order valence-electron chi connectivity index (χ3n) is 5.69. The van der Waals surface area contributed by atoms with Crippen LogP contribution >= 0.6 is 0 Å². The number of carbonyl (C=O) groups is 1. The highest BCUT2D eigenvalue weighted by atomic mass is 16.6. The highest BCUT2D eigenvalue weighted by molar-refractivity contribution is 5.91. The van der Waals surface area contributed by atoms with Crippen LogP contribution in [0.15, 0.2) is 18.2 Å². The van der Waals surface area contributed by atoms with Crippen molar-refractivity contribution >= 4 is 17.4 Å². The molecule has 2 N–H and O–H groups in total. The van der Waals surface area contributed by atoms with E-state index < -0.39 is 11.0 Å². The molecule has 1 aromatic rings. The first kappa shape index (κ1) is 20.3. The predicted octanol–water partition coefficient (Wildman–Crippen LogP) is 2.76. The largest absolute Gasteiger partial charge is 0.495 e. The van der Waals surface area contributed by atoms with E-state index in [0.717, 1.165) is 52.0 Å². The van der Waals surface area contributed by atoms with Crippen molar-refractivity contribution in [3.05, 3.63) is 28.3 Å². The van der Waals surface area contributed by atoms with Crippen molar-refractivity contribution in [1.82, 2.24) is 10.2 Å². The molecule has 3 rings (SSSR count). The minimum absolute atomic E-state index is 0.0495. The zero-order chi connectivity index (χ0) is 20.0. The monoisotopic (exact) mass is 392 g/mol. The second kappa shape index (κ2) is 9.20. The normalized spacial score (nSPS) is 19.6. The number of nitro benzene ring substituents is 1. The second-order valence-corrected chi connectivity index (χ2v) is 7.33. The number of morpholine rings is 1. The van der Waals surface area contributed by atoms with Crippen molar-refractivity contribution in [2.45, 2.75) is 37.6 Å². The first-order valence-electron chi connectivity index (χ1n) is 9.74. The predicted molar refractivity (Wildman–Crippen MR) is 105 cm³/mol. The topological polar surface area (TPSA) is 106 Å². The lowest BCUT2D eigenvalue weighted by Gasteiger charge is -2.48. The van der Waals surface area contributed by atoms with Gasteiger partial charge in [-0.25, -0.2) is 4.79 Å². The van der Waals surface area contributed by atoms with Crippen molar-refractivity contribution < 1.29 is 19.2 Å². The number of non-ortho nitro benzene ring substituents is 1. The van der Waals surface area contributed by atoms with Crippen LogP contribution in [0.2, 0.25) is 0 Å². The Kier molecular flexibility index (Phi) is 6.69. The van der Waals surface area contributed by atoms with Gasteiger partial charge < -0.3 is 20.1 Å². The molecule has 0 unspecified atom stereocenters. The molecule has 9 heteroatoms. The molecule has 0 bridgehead atoms. The number of benzene rings is 1. The number of urea groups is 1. The molecule has 0 radical (unpaired) electrons. The Morgan fingerprint density at radius 2 is 2.00 bits per heavy atom. The lowest BCUT2D eigenvalue weighted by molar-refractivity contribution is -0.384. The maximum Gasteiger partial charge on any atom is 0.319 e. The first-order valence-corrected chi connectivity index (χ1v) is 9.74. The van der Waals surface area contributed by atoms with Gasteiger partial charge in [0.15, 0.2) is 0 Å². The summed E-state index contributed by atoms with van der Waals surface area (Å²) in [5.41, 5.74) is 0.123. The fraction of sp³-hybridized carbons (Fsp3) is 0.632. The number of ether oxygens (including phenoxy) is 2. The maximum atomic E-state index is 12.5. The van der Waals surface area contributed by atoms with Gasteiger partial charge in [0.1, 0.15) is 5.75 Å². The molecule has 1 heterocycles. The molecular weight excluding hydrogens is 364 g/mol. The Morgan fingerprint density at radius 3 is 2.64 bits per heavy atom. The summed E-state index contributed by atoms with van der Waals surface area (Å²) in [5.74, 6) is 0.376. The summed E-state index contributed by atoms with van der Waals surface area (Å²) < 4.78 is 10.7. The number of rotatable bonds is 6. The van der Waals surface area contributed by atoms with Gasteiger partial charge in [-0.15, -0.1) is 0 Å². The molecule has 1 saturated heterocycles. The van der Waals surface area contributed by atoms with Crippen LogP contribution in [0.5, 0.6) is 5.75 Å². The number of nitrogens with zero attached hydrogens (tertiary/aromatic N) is 2. The van der Waals surface area contributed by atoms with Crippen molar-refractivity contribution in [3.63, 3.8) is 0 Å². The van der Waals surface area contributed by atoms with E-state index in [2.05, 4.69) is 15.5 Å². The number of nitrogens with one attached hydrogen (secondary N) is 2. The number of anilines is 1. The van der Waals surface area contributed by atoms with Gasteiger partial charge >= 0.3 is 6.03 Å². The van der Waals surface area contributed by atoms with E-state index in [9.17, 15) is 14.9 Å². The lowest BCUT2D eigenvalue weighted by atomic mass is 9.80. The molecule has 0 spiro atoms. The Bertz CT molecular complexity index is 700. The van der Waals surface area contributed by atoms with Gasteiger partial charge in [0.05, 0.1) is 30.9 Å². The van der Waals surface area contributed by atoms with Crippen LogP contribution in [-0.2, 0) is 4.74 Å². The summed E-state index contributed by atoms with van der Waals surface area (Å²) >= 11 is 0. The third kappa shape index (κ3) is 4.71. The van der Waals surface area contributed by atoms with Gasteiger partial charge in [0.25, 0.3) is 5.69 Å². The quantitative estimate of drug-likeness (QED) is 0.570. The highest BCUT2D eigenvalue weighted by Crippen LogP contribution is 2.34. The van der Waals surface area contributed by atoms with Crippen molar-refractivity contribution in [1.29, 1.82) is 0 Å². The minimum Gasteiger partial charge on any atom is -0.495 e. The molecule has 1 saturated carbocycles. The number of methoxy groups -OCH3 is 1. The molecule has 2 aliphatic rings. The fourth-order valence-electron chi connectivity index (χ4n) is 4.17. The third-order valence-corrected chi connectivity index (χ3v) is 5.69. The zero-order valence-electron chi connectivity index (χ0n) is 16.2. The molecule has 28 heavy (non-hydrogen) atoms. The maximum absolute atomic E-state index is 12.5. The molecule has 1 aliphatic carbocycles. The molecule has 0 atom stereocenters. The number of hydrogen-bond donors (Lipinski definition) is 2. The van der Waals surface area contributed by atoms with Gasteiger partial charge in [-0.2, -0.15) is 0 Å². The van der Waals surface area contributed by atoms with Gasteiger partial charge in [0.2, 0.25) is 0 Å². The van der Waals surface area contributed by atoms with Crippen LogP contribution in [0.1, 0.15) is 32.1 Å². The Labute approximate surface area is 164 Å². The smallest absolute Gasteiger partial charge is 0.319 e. The van der Waals surface area contributed by atoms with Crippen LogP contribution in [0.3, 0.4) is 0 Å². The molecule has 0 aromatic heterocycles. The molecule has 154 valence electrons. The average molecular weight is 392 g/mol. The molecular formula is C19H28N4O5. The second-order valence-electron chi connectivity index (χ2n) is 7.33. The van der Waals surface area contributed by atoms with Gasteiger partial charge in [-0.05, 0) is 18.9 Å². The summed E-state index contributed by atoms with van der Waals surface area (Å²) in [6, 6.07) is 3.73. The van der Waals surface area contributed by atoms with Gasteiger partial charge in [0, 0.05) is 37.3 Å². The summed E-state index contributed by atoms with van der Waals surface area (Å²) in [7, 11) is 1.46. The highest BCUT2D eigenvalue weighted by Gasteiger charge is 2.38. The van der Waals surface area contributed by atoms with Crippen molar-refractivity contribution in [2.24, 2.45) is 0 Å². The molecule has 2 amide bonds. The number of nitro groups is 1. The van der Waals surface area contributed by atoms with Crippen molar-refractivity contribution in [2.75, 3.05) is 45.3 Å². The summed E-state index contributed by atoms with van der Waals surface area (Å²) in [4.78, 5) is 25.5.